The van der Waals surface area contributed by atoms with Crippen molar-refractivity contribution in [2.75, 3.05) is 0 Å². The minimum absolute atomic E-state index is 0.373. The van der Waals surface area contributed by atoms with E-state index in [9.17, 15) is 5.11 Å². The van der Waals surface area contributed by atoms with Crippen LogP contribution in [0.1, 0.15) is 35.6 Å². The Hall–Kier alpha value is -1.22. The largest absolute Gasteiger partial charge is 0.489 e. The maximum atomic E-state index is 10.1. The van der Waals surface area contributed by atoms with Gasteiger partial charge in [-0.3, -0.25) is 0 Å². The standard InChI is InChI=1S/C17H16Cl2O2/c18-14-8-7-11(9-15(14)19)10-21-17-6-2-3-12-13(17)4-1-5-16(12)20/h2-3,6-9,16,20H,1,4-5,10H2. The monoisotopic (exact) mass is 322 g/mol. The summed E-state index contributed by atoms with van der Waals surface area (Å²) >= 11 is 11.9. The molecule has 3 rings (SSSR count). The van der Waals surface area contributed by atoms with Crippen LogP contribution in [0, 0.1) is 0 Å². The molecule has 1 aliphatic rings. The number of aliphatic hydroxyl groups excluding tert-OH is 1. The third-order valence-electron chi connectivity index (χ3n) is 3.81. The zero-order valence-corrected chi connectivity index (χ0v) is 13.0. The Balaban J connectivity index is 1.79. The van der Waals surface area contributed by atoms with Gasteiger partial charge in [-0.2, -0.15) is 0 Å². The molecule has 0 aromatic heterocycles. The lowest BCUT2D eigenvalue weighted by Crippen LogP contribution is -2.11. The quantitative estimate of drug-likeness (QED) is 0.867. The van der Waals surface area contributed by atoms with Crippen molar-refractivity contribution in [2.24, 2.45) is 0 Å². The Morgan fingerprint density at radius 1 is 1.14 bits per heavy atom. The first kappa shape index (κ1) is 14.7. The lowest BCUT2D eigenvalue weighted by molar-refractivity contribution is 0.155. The summed E-state index contributed by atoms with van der Waals surface area (Å²) in [4.78, 5) is 0. The number of rotatable bonds is 3. The topological polar surface area (TPSA) is 29.5 Å². The van der Waals surface area contributed by atoms with Crippen LogP contribution in [0.25, 0.3) is 0 Å². The fourth-order valence-electron chi connectivity index (χ4n) is 2.72. The molecule has 1 atom stereocenters. The van der Waals surface area contributed by atoms with Crippen molar-refractivity contribution in [1.29, 1.82) is 0 Å². The highest BCUT2D eigenvalue weighted by molar-refractivity contribution is 6.42. The Bertz CT molecular complexity index is 655. The van der Waals surface area contributed by atoms with Gasteiger partial charge < -0.3 is 9.84 Å². The summed E-state index contributed by atoms with van der Waals surface area (Å²) in [6.07, 6.45) is 2.39. The van der Waals surface area contributed by atoms with Crippen LogP contribution < -0.4 is 4.74 Å². The molecule has 0 amide bonds. The van der Waals surface area contributed by atoms with Crippen LogP contribution in [0.15, 0.2) is 36.4 Å². The van der Waals surface area contributed by atoms with Gasteiger partial charge in [0.05, 0.1) is 16.1 Å². The van der Waals surface area contributed by atoms with E-state index in [0.717, 1.165) is 41.7 Å². The van der Waals surface area contributed by atoms with Crippen LogP contribution in [-0.2, 0) is 13.0 Å². The number of benzene rings is 2. The predicted octanol–water partition coefficient (Wildman–Crippen LogP) is 4.94. The number of hydrogen-bond donors (Lipinski definition) is 1. The van der Waals surface area contributed by atoms with Crippen LogP contribution in [0.5, 0.6) is 5.75 Å². The van der Waals surface area contributed by atoms with Crippen LogP contribution in [0.2, 0.25) is 10.0 Å². The molecule has 0 radical (unpaired) electrons. The zero-order valence-electron chi connectivity index (χ0n) is 11.5. The zero-order chi connectivity index (χ0) is 14.8. The van der Waals surface area contributed by atoms with Crippen LogP contribution >= 0.6 is 23.2 Å². The lowest BCUT2D eigenvalue weighted by atomic mass is 9.89. The Morgan fingerprint density at radius 3 is 2.81 bits per heavy atom. The highest BCUT2D eigenvalue weighted by atomic mass is 35.5. The van der Waals surface area contributed by atoms with Gasteiger partial charge in [0.15, 0.2) is 0 Å². The van der Waals surface area contributed by atoms with Gasteiger partial charge in [0.1, 0.15) is 12.4 Å². The molecule has 1 N–H and O–H groups in total. The molecule has 0 heterocycles. The molecule has 4 heteroatoms. The number of ether oxygens (including phenoxy) is 1. The van der Waals surface area contributed by atoms with Crippen LogP contribution in [-0.4, -0.2) is 5.11 Å². The molecular formula is C17H16Cl2O2. The maximum absolute atomic E-state index is 10.1. The van der Waals surface area contributed by atoms with Gasteiger partial charge in [-0.1, -0.05) is 41.4 Å². The van der Waals surface area contributed by atoms with Gasteiger partial charge in [-0.05, 0) is 54.2 Å². The van der Waals surface area contributed by atoms with Gasteiger partial charge in [0, 0.05) is 0 Å². The fraction of sp³-hybridized carbons (Fsp3) is 0.294. The summed E-state index contributed by atoms with van der Waals surface area (Å²) in [5.41, 5.74) is 3.09. The van der Waals surface area contributed by atoms with E-state index in [-0.39, 0.29) is 6.10 Å². The van der Waals surface area contributed by atoms with Crippen molar-refractivity contribution < 1.29 is 9.84 Å². The average molecular weight is 323 g/mol. The van der Waals surface area contributed by atoms with Crippen LogP contribution in [0.4, 0.5) is 0 Å². The first-order valence-electron chi connectivity index (χ1n) is 7.02. The van der Waals surface area contributed by atoms with E-state index < -0.39 is 0 Å². The molecular weight excluding hydrogens is 307 g/mol. The molecule has 1 unspecified atom stereocenters. The summed E-state index contributed by atoms with van der Waals surface area (Å²) in [6.45, 7) is 0.434. The van der Waals surface area contributed by atoms with Crippen molar-refractivity contribution in [1.82, 2.24) is 0 Å². The minimum Gasteiger partial charge on any atom is -0.489 e. The fourth-order valence-corrected chi connectivity index (χ4v) is 3.04. The Morgan fingerprint density at radius 2 is 2.00 bits per heavy atom. The third-order valence-corrected chi connectivity index (χ3v) is 4.55. The smallest absolute Gasteiger partial charge is 0.123 e. The molecule has 0 saturated carbocycles. The van der Waals surface area contributed by atoms with Crippen molar-refractivity contribution in [3.05, 3.63) is 63.1 Å². The molecule has 0 bridgehead atoms. The predicted molar refractivity (Wildman–Crippen MR) is 85.1 cm³/mol. The van der Waals surface area contributed by atoms with Gasteiger partial charge in [0.2, 0.25) is 0 Å². The average Bonchev–Trinajstić information content (AvgIpc) is 2.49. The van der Waals surface area contributed by atoms with Crippen molar-refractivity contribution in [3.8, 4) is 5.75 Å². The Kier molecular flexibility index (Phi) is 4.39. The maximum Gasteiger partial charge on any atom is 0.123 e. The first-order valence-corrected chi connectivity index (χ1v) is 7.77. The highest BCUT2D eigenvalue weighted by Crippen LogP contribution is 2.35. The second-order valence-electron chi connectivity index (χ2n) is 5.27. The molecule has 21 heavy (non-hydrogen) atoms. The number of halogens is 2. The molecule has 0 aliphatic heterocycles. The summed E-state index contributed by atoms with van der Waals surface area (Å²) in [7, 11) is 0. The SMILES string of the molecule is OC1CCCc2c(OCc3ccc(Cl)c(Cl)c3)cccc21. The van der Waals surface area contributed by atoms with Gasteiger partial charge in [-0.25, -0.2) is 0 Å². The van der Waals surface area contributed by atoms with E-state index in [2.05, 4.69) is 0 Å². The minimum atomic E-state index is -0.373. The van der Waals surface area contributed by atoms with Crippen molar-refractivity contribution in [2.45, 2.75) is 32.0 Å². The van der Waals surface area contributed by atoms with Gasteiger partial charge in [0.25, 0.3) is 0 Å². The number of fused-ring (bicyclic) bond motifs is 1. The summed E-state index contributed by atoms with van der Waals surface area (Å²) in [5.74, 6) is 0.845. The molecule has 1 aliphatic carbocycles. The summed E-state index contributed by atoms with van der Waals surface area (Å²) < 4.78 is 5.92. The van der Waals surface area contributed by atoms with E-state index in [1.807, 2.05) is 30.3 Å². The van der Waals surface area contributed by atoms with E-state index >= 15 is 0 Å². The van der Waals surface area contributed by atoms with E-state index in [4.69, 9.17) is 27.9 Å². The van der Waals surface area contributed by atoms with E-state index in [1.165, 1.54) is 0 Å². The van der Waals surface area contributed by atoms with Gasteiger partial charge in [-0.15, -0.1) is 0 Å². The number of hydrogen-bond acceptors (Lipinski definition) is 2. The molecule has 110 valence electrons. The molecule has 2 nitrogen and oxygen atoms in total. The second-order valence-corrected chi connectivity index (χ2v) is 6.08. The van der Waals surface area contributed by atoms with Crippen LogP contribution in [0.3, 0.4) is 0 Å². The molecule has 0 spiro atoms. The summed E-state index contributed by atoms with van der Waals surface area (Å²) in [5, 5.41) is 11.1. The highest BCUT2D eigenvalue weighted by Gasteiger charge is 2.20. The summed E-state index contributed by atoms with van der Waals surface area (Å²) in [6, 6.07) is 11.3. The molecule has 0 saturated heterocycles. The van der Waals surface area contributed by atoms with Crippen molar-refractivity contribution in [3.63, 3.8) is 0 Å². The first-order chi connectivity index (χ1) is 10.1. The molecule has 2 aromatic rings. The second kappa shape index (κ2) is 6.27. The third kappa shape index (κ3) is 3.18. The van der Waals surface area contributed by atoms with Crippen molar-refractivity contribution >= 4 is 23.2 Å². The van der Waals surface area contributed by atoms with E-state index in [1.54, 1.807) is 6.07 Å². The van der Waals surface area contributed by atoms with E-state index in [0.29, 0.717) is 16.7 Å². The molecule has 2 aromatic carbocycles. The van der Waals surface area contributed by atoms with Gasteiger partial charge >= 0.3 is 0 Å². The number of aliphatic hydroxyl groups is 1. The normalized spacial score (nSPS) is 17.4. The molecule has 0 fully saturated rings. The Labute approximate surface area is 134 Å². The lowest BCUT2D eigenvalue weighted by Gasteiger charge is -2.23.